The van der Waals surface area contributed by atoms with Crippen LogP contribution >= 0.6 is 11.3 Å². The molecule has 0 saturated carbocycles. The van der Waals surface area contributed by atoms with E-state index in [1.165, 1.54) is 11.3 Å². The Hall–Kier alpha value is -1.40. The molecule has 2 rings (SSSR count). The third-order valence-electron chi connectivity index (χ3n) is 2.68. The van der Waals surface area contributed by atoms with Crippen LogP contribution in [0.5, 0.6) is 5.88 Å². The maximum Gasteiger partial charge on any atom is 0.351 e. The van der Waals surface area contributed by atoms with Gasteiger partial charge >= 0.3 is 10.5 Å². The molecular formula is C11H15N2O3S+. The molecular weight excluding hydrogens is 240 g/mol. The van der Waals surface area contributed by atoms with Crippen LogP contribution in [0.15, 0.2) is 16.4 Å². The molecule has 0 saturated heterocycles. The number of aromatic nitrogens is 2. The minimum atomic E-state index is -0.165. The predicted molar refractivity (Wildman–Crippen MR) is 64.6 cm³/mol. The lowest BCUT2D eigenvalue weighted by molar-refractivity contribution is -0.679. The van der Waals surface area contributed by atoms with Crippen LogP contribution in [0.2, 0.25) is 0 Å². The average Bonchev–Trinajstić information content (AvgIpc) is 2.80. The minimum absolute atomic E-state index is 0.0496. The van der Waals surface area contributed by atoms with Gasteiger partial charge in [0.15, 0.2) is 0 Å². The molecule has 6 heteroatoms. The van der Waals surface area contributed by atoms with Crippen molar-refractivity contribution in [3.63, 3.8) is 0 Å². The van der Waals surface area contributed by atoms with Gasteiger partial charge in [-0.2, -0.15) is 8.97 Å². The average molecular weight is 255 g/mol. The van der Waals surface area contributed by atoms with E-state index in [0.717, 1.165) is 11.4 Å². The number of ether oxygens (including phenoxy) is 1. The summed E-state index contributed by atoms with van der Waals surface area (Å²) in [7, 11) is 1.64. The van der Waals surface area contributed by atoms with Gasteiger partial charge in [0.2, 0.25) is 0 Å². The summed E-state index contributed by atoms with van der Waals surface area (Å²) in [6.07, 6.45) is 2.52. The third kappa shape index (κ3) is 2.05. The van der Waals surface area contributed by atoms with E-state index in [1.54, 1.807) is 29.2 Å². The molecule has 0 aromatic carbocycles. The lowest BCUT2D eigenvalue weighted by atomic mass is 10.3. The minimum Gasteiger partial charge on any atom is -0.477 e. The maximum absolute atomic E-state index is 11.9. The molecule has 0 fully saturated rings. The van der Waals surface area contributed by atoms with E-state index in [0.29, 0.717) is 18.7 Å². The van der Waals surface area contributed by atoms with Gasteiger partial charge in [0.1, 0.15) is 11.8 Å². The van der Waals surface area contributed by atoms with E-state index in [2.05, 4.69) is 0 Å². The topological polar surface area (TPSA) is 54.8 Å². The van der Waals surface area contributed by atoms with E-state index in [9.17, 15) is 9.90 Å². The van der Waals surface area contributed by atoms with Crippen molar-refractivity contribution < 1.29 is 14.4 Å². The molecule has 0 bridgehead atoms. The zero-order chi connectivity index (χ0) is 12.4. The lowest BCUT2D eigenvalue weighted by Crippen LogP contribution is -2.40. The van der Waals surface area contributed by atoms with Crippen LogP contribution in [0.3, 0.4) is 0 Å². The van der Waals surface area contributed by atoms with Crippen molar-refractivity contribution in [2.75, 3.05) is 13.7 Å². The molecule has 0 unspecified atom stereocenters. The molecule has 0 spiro atoms. The molecule has 0 aliphatic carbocycles. The van der Waals surface area contributed by atoms with Gasteiger partial charge in [-0.05, 0) is 6.92 Å². The Balaban J connectivity index is 2.53. The van der Waals surface area contributed by atoms with Crippen LogP contribution < -0.4 is 10.1 Å². The van der Waals surface area contributed by atoms with Crippen molar-refractivity contribution in [1.82, 2.24) is 4.40 Å². The first-order valence-electron chi connectivity index (χ1n) is 5.37. The molecule has 5 nitrogen and oxygen atoms in total. The number of thiazole rings is 1. The number of aromatic hydroxyl groups is 1. The summed E-state index contributed by atoms with van der Waals surface area (Å²) in [6.45, 7) is 2.89. The van der Waals surface area contributed by atoms with E-state index in [4.69, 9.17) is 4.74 Å². The zero-order valence-electron chi connectivity index (χ0n) is 9.84. The first-order valence-corrected chi connectivity index (χ1v) is 6.25. The fourth-order valence-corrected chi connectivity index (χ4v) is 2.63. The van der Waals surface area contributed by atoms with Crippen LogP contribution in [0, 0.1) is 6.92 Å². The molecule has 0 radical (unpaired) electrons. The molecule has 2 heterocycles. The van der Waals surface area contributed by atoms with Crippen LogP contribution in [0.4, 0.5) is 0 Å². The standard InChI is InChI=1S/C11H14N2O3S/c1-8-9(14)12(4-3-6-16-2)11-13(10(8)15)5-7-17-11/h5,7H,3-4,6H2,1-2H3/p+1. The number of hydrogen-bond donors (Lipinski definition) is 1. The smallest absolute Gasteiger partial charge is 0.351 e. The molecule has 0 atom stereocenters. The summed E-state index contributed by atoms with van der Waals surface area (Å²) in [6, 6.07) is 0. The highest BCUT2D eigenvalue weighted by atomic mass is 32.1. The molecule has 2 aromatic heterocycles. The largest absolute Gasteiger partial charge is 0.477 e. The second-order valence-electron chi connectivity index (χ2n) is 3.81. The van der Waals surface area contributed by atoms with E-state index in [1.807, 2.05) is 5.38 Å². The number of rotatable bonds is 4. The molecule has 1 N–H and O–H groups in total. The molecule has 0 amide bonds. The molecule has 17 heavy (non-hydrogen) atoms. The molecule has 92 valence electrons. The van der Waals surface area contributed by atoms with E-state index >= 15 is 0 Å². The number of methoxy groups -OCH3 is 1. The summed E-state index contributed by atoms with van der Waals surface area (Å²) in [4.78, 5) is 12.6. The Morgan fingerprint density at radius 1 is 1.59 bits per heavy atom. The quantitative estimate of drug-likeness (QED) is 0.646. The van der Waals surface area contributed by atoms with Gasteiger partial charge in [-0.15, -0.1) is 0 Å². The highest BCUT2D eigenvalue weighted by Crippen LogP contribution is 2.12. The number of fused-ring (bicyclic) bond motifs is 1. The van der Waals surface area contributed by atoms with Crippen LogP contribution in [-0.2, 0) is 11.3 Å². The summed E-state index contributed by atoms with van der Waals surface area (Å²) in [5, 5.41) is 11.8. The van der Waals surface area contributed by atoms with Gasteiger partial charge < -0.3 is 9.84 Å². The van der Waals surface area contributed by atoms with Crippen molar-refractivity contribution in [3.8, 4) is 5.88 Å². The van der Waals surface area contributed by atoms with Crippen molar-refractivity contribution in [2.45, 2.75) is 19.9 Å². The Kier molecular flexibility index (Phi) is 3.44. The Morgan fingerprint density at radius 2 is 2.35 bits per heavy atom. The highest BCUT2D eigenvalue weighted by Gasteiger charge is 2.21. The van der Waals surface area contributed by atoms with E-state index < -0.39 is 0 Å². The second-order valence-corrected chi connectivity index (χ2v) is 4.68. The summed E-state index contributed by atoms with van der Waals surface area (Å²) >= 11 is 1.43. The van der Waals surface area contributed by atoms with E-state index in [-0.39, 0.29) is 11.4 Å². The Morgan fingerprint density at radius 3 is 3.06 bits per heavy atom. The van der Waals surface area contributed by atoms with Gasteiger partial charge in [0.25, 0.3) is 5.88 Å². The molecule has 0 aliphatic rings. The fraction of sp³-hybridized carbons (Fsp3) is 0.455. The Labute approximate surface area is 103 Å². The fourth-order valence-electron chi connectivity index (χ4n) is 1.76. The highest BCUT2D eigenvalue weighted by molar-refractivity contribution is 7.14. The van der Waals surface area contributed by atoms with Crippen molar-refractivity contribution in [1.29, 1.82) is 0 Å². The normalized spacial score (nSPS) is 11.2. The van der Waals surface area contributed by atoms with Crippen LogP contribution in [-0.4, -0.2) is 23.2 Å². The van der Waals surface area contributed by atoms with Gasteiger partial charge in [-0.3, -0.25) is 0 Å². The van der Waals surface area contributed by atoms with Gasteiger partial charge in [0, 0.05) is 25.5 Å². The number of aryl methyl sites for hydroxylation is 1. The predicted octanol–water partition coefficient (Wildman–Crippen LogP) is 0.699. The summed E-state index contributed by atoms with van der Waals surface area (Å²) < 4.78 is 8.30. The van der Waals surface area contributed by atoms with Crippen molar-refractivity contribution in [2.24, 2.45) is 0 Å². The van der Waals surface area contributed by atoms with Crippen molar-refractivity contribution in [3.05, 3.63) is 27.5 Å². The third-order valence-corrected chi connectivity index (χ3v) is 3.57. The first-order chi connectivity index (χ1) is 8.16. The van der Waals surface area contributed by atoms with Crippen LogP contribution in [0.25, 0.3) is 4.96 Å². The van der Waals surface area contributed by atoms with Crippen molar-refractivity contribution >= 4 is 16.3 Å². The summed E-state index contributed by atoms with van der Waals surface area (Å²) in [5.41, 5.74) is 0.208. The van der Waals surface area contributed by atoms with Gasteiger partial charge in [0.05, 0.1) is 6.54 Å². The summed E-state index contributed by atoms with van der Waals surface area (Å²) in [5.74, 6) is 0.0496. The van der Waals surface area contributed by atoms with Gasteiger partial charge in [-0.25, -0.2) is 4.79 Å². The SMILES string of the molecule is COCCC[n+]1c(O)c(C)c(=O)n2ccsc21. The number of hydrogen-bond acceptors (Lipinski definition) is 4. The Bertz CT molecular complexity index is 588. The molecule has 2 aromatic rings. The van der Waals surface area contributed by atoms with Gasteiger partial charge in [-0.1, -0.05) is 11.3 Å². The number of nitrogens with zero attached hydrogens (tertiary/aromatic N) is 2. The zero-order valence-corrected chi connectivity index (χ0v) is 10.7. The molecule has 0 aliphatic heterocycles. The monoisotopic (exact) mass is 255 g/mol. The van der Waals surface area contributed by atoms with Crippen LogP contribution in [0.1, 0.15) is 12.0 Å². The second kappa shape index (κ2) is 4.85. The first kappa shape index (κ1) is 12.1. The lowest BCUT2D eigenvalue weighted by Gasteiger charge is -2.04. The maximum atomic E-state index is 11.9.